The first-order chi connectivity index (χ1) is 11.7. The number of amides is 1. The largest absolute Gasteiger partial charge is 0.496 e. The van der Waals surface area contributed by atoms with Gasteiger partial charge in [0.05, 0.1) is 18.9 Å². The van der Waals surface area contributed by atoms with Crippen molar-refractivity contribution in [1.29, 1.82) is 0 Å². The third-order valence-electron chi connectivity index (χ3n) is 3.23. The summed E-state index contributed by atoms with van der Waals surface area (Å²) in [6, 6.07) is 6.85. The second-order valence-corrected chi connectivity index (χ2v) is 5.94. The molecule has 0 aliphatic carbocycles. The molecule has 1 amide bonds. The molecule has 0 aliphatic rings. The topological polar surface area (TPSA) is 95.1 Å². The van der Waals surface area contributed by atoms with E-state index in [9.17, 15) is 18.0 Å². The fraction of sp³-hybridized carbons (Fsp3) is 0.357. The number of nitrogens with zero attached hydrogens (tertiary/aromatic N) is 3. The molecule has 0 radical (unpaired) electrons. The molecule has 1 unspecified atom stereocenters. The second kappa shape index (κ2) is 7.64. The number of carbonyl (C=O) groups excluding carboxylic acids is 1. The summed E-state index contributed by atoms with van der Waals surface area (Å²) in [5.41, 5.74) is 0.782. The molecule has 0 spiro atoms. The van der Waals surface area contributed by atoms with Gasteiger partial charge in [-0.15, -0.1) is 10.2 Å². The number of hydrogen-bond donors (Lipinski definition) is 2. The zero-order valence-corrected chi connectivity index (χ0v) is 14.2. The molecule has 0 fully saturated rings. The zero-order valence-electron chi connectivity index (χ0n) is 13.4. The Balaban J connectivity index is 1.96. The summed E-state index contributed by atoms with van der Waals surface area (Å²) in [7, 11) is 1.52. The summed E-state index contributed by atoms with van der Waals surface area (Å²) in [6.07, 6.45) is -4.71. The molecule has 1 aromatic heterocycles. The third kappa shape index (κ3) is 4.56. The van der Waals surface area contributed by atoms with Gasteiger partial charge in [-0.3, -0.25) is 4.79 Å². The maximum Gasteiger partial charge on any atom is 0.453 e. The number of nitrogen functional groups attached to an aromatic ring is 1. The number of hydrogen-bond acceptors (Lipinski definition) is 6. The van der Waals surface area contributed by atoms with Crippen LogP contribution in [0.15, 0.2) is 29.4 Å². The fourth-order valence-corrected chi connectivity index (χ4v) is 2.75. The van der Waals surface area contributed by atoms with Gasteiger partial charge in [-0.2, -0.15) is 13.2 Å². The Morgan fingerprint density at radius 1 is 1.40 bits per heavy atom. The molecule has 2 rings (SSSR count). The predicted molar refractivity (Wildman–Crippen MR) is 85.5 cm³/mol. The third-order valence-corrected chi connectivity index (χ3v) is 4.18. The molecule has 11 heteroatoms. The molecule has 3 N–H and O–H groups in total. The van der Waals surface area contributed by atoms with Gasteiger partial charge in [-0.1, -0.05) is 30.0 Å². The summed E-state index contributed by atoms with van der Waals surface area (Å²) < 4.78 is 43.3. The molecule has 0 saturated heterocycles. The number of nitrogens with one attached hydrogen (secondary N) is 1. The van der Waals surface area contributed by atoms with E-state index in [1.165, 1.54) is 7.11 Å². The number of thioether (sulfide) groups is 1. The number of carbonyl (C=O) groups is 1. The normalized spacial score (nSPS) is 12.7. The summed E-state index contributed by atoms with van der Waals surface area (Å²) in [5, 5.41) is 8.88. The van der Waals surface area contributed by atoms with E-state index < -0.39 is 12.0 Å². The molecular formula is C14H16F3N5O2S. The number of rotatable bonds is 6. The lowest BCUT2D eigenvalue weighted by molar-refractivity contribution is -0.146. The number of methoxy groups -OCH3 is 1. The maximum absolute atomic E-state index is 12.6. The first kappa shape index (κ1) is 18.9. The Morgan fingerprint density at radius 3 is 2.68 bits per heavy atom. The standard InChI is InChI=1S/C14H16F3N5O2S/c1-8(9-5-3-4-6-10(9)24-2)19-11(23)7-25-13-21-20-12(22(13)18)14(15,16)17/h3-6,8H,7,18H2,1-2H3,(H,19,23). The van der Waals surface area contributed by atoms with Gasteiger partial charge in [0.2, 0.25) is 11.1 Å². The van der Waals surface area contributed by atoms with Crippen molar-refractivity contribution in [1.82, 2.24) is 20.2 Å². The molecule has 136 valence electrons. The SMILES string of the molecule is COc1ccccc1C(C)NC(=O)CSc1nnc(C(F)(F)F)n1N. The van der Waals surface area contributed by atoms with E-state index in [1.54, 1.807) is 19.1 Å². The van der Waals surface area contributed by atoms with Crippen LogP contribution in [0.4, 0.5) is 13.2 Å². The number of halogens is 3. The first-order valence-electron chi connectivity index (χ1n) is 7.06. The summed E-state index contributed by atoms with van der Waals surface area (Å²) in [5.74, 6) is 4.06. The first-order valence-corrected chi connectivity index (χ1v) is 8.05. The van der Waals surface area contributed by atoms with E-state index in [-0.39, 0.29) is 22.9 Å². The van der Waals surface area contributed by atoms with Gasteiger partial charge < -0.3 is 15.9 Å². The maximum atomic E-state index is 12.6. The van der Waals surface area contributed by atoms with Crippen molar-refractivity contribution < 1.29 is 22.7 Å². The van der Waals surface area contributed by atoms with Gasteiger partial charge in [0, 0.05) is 5.56 Å². The van der Waals surface area contributed by atoms with E-state index in [0.717, 1.165) is 17.3 Å². The van der Waals surface area contributed by atoms with Crippen molar-refractivity contribution in [3.63, 3.8) is 0 Å². The average molecular weight is 375 g/mol. The molecule has 1 atom stereocenters. The lowest BCUT2D eigenvalue weighted by atomic mass is 10.1. The number of benzene rings is 1. The van der Waals surface area contributed by atoms with Gasteiger partial charge in [-0.05, 0) is 13.0 Å². The average Bonchev–Trinajstić information content (AvgIpc) is 2.93. The van der Waals surface area contributed by atoms with Gasteiger partial charge in [0.1, 0.15) is 5.75 Å². The highest BCUT2D eigenvalue weighted by atomic mass is 32.2. The van der Waals surface area contributed by atoms with Crippen LogP contribution in [0.2, 0.25) is 0 Å². The van der Waals surface area contributed by atoms with E-state index in [2.05, 4.69) is 15.5 Å². The highest BCUT2D eigenvalue weighted by Crippen LogP contribution is 2.29. The minimum absolute atomic E-state index is 0.160. The summed E-state index contributed by atoms with van der Waals surface area (Å²) in [4.78, 5) is 12.0. The minimum atomic E-state index is -4.71. The minimum Gasteiger partial charge on any atom is -0.496 e. The van der Waals surface area contributed by atoms with Crippen molar-refractivity contribution in [2.24, 2.45) is 0 Å². The Bertz CT molecular complexity index is 750. The lowest BCUT2D eigenvalue weighted by Crippen LogP contribution is -2.28. The molecule has 7 nitrogen and oxygen atoms in total. The summed E-state index contributed by atoms with van der Waals surface area (Å²) >= 11 is 0.760. The van der Waals surface area contributed by atoms with Crippen LogP contribution in [0.25, 0.3) is 0 Å². The van der Waals surface area contributed by atoms with Crippen LogP contribution in [0.3, 0.4) is 0 Å². The van der Waals surface area contributed by atoms with Crippen molar-refractivity contribution in [2.45, 2.75) is 24.3 Å². The van der Waals surface area contributed by atoms with Crippen molar-refractivity contribution >= 4 is 17.7 Å². The Morgan fingerprint density at radius 2 is 2.08 bits per heavy atom. The van der Waals surface area contributed by atoms with Crippen molar-refractivity contribution in [3.8, 4) is 5.75 Å². The van der Waals surface area contributed by atoms with E-state index in [1.807, 2.05) is 12.1 Å². The van der Waals surface area contributed by atoms with Crippen LogP contribution < -0.4 is 15.9 Å². The molecule has 2 aromatic rings. The number of ether oxygens (including phenoxy) is 1. The molecule has 0 bridgehead atoms. The van der Waals surface area contributed by atoms with Crippen molar-refractivity contribution in [3.05, 3.63) is 35.7 Å². The quantitative estimate of drug-likeness (QED) is 0.592. The molecule has 1 aromatic carbocycles. The molecule has 0 aliphatic heterocycles. The number of para-hydroxylation sites is 1. The lowest BCUT2D eigenvalue weighted by Gasteiger charge is -2.17. The molecular weight excluding hydrogens is 359 g/mol. The van der Waals surface area contributed by atoms with Gasteiger partial charge >= 0.3 is 6.18 Å². The van der Waals surface area contributed by atoms with Crippen LogP contribution in [-0.4, -0.2) is 33.6 Å². The predicted octanol–water partition coefficient (Wildman–Crippen LogP) is 1.99. The number of nitrogens with two attached hydrogens (primary N) is 1. The monoisotopic (exact) mass is 375 g/mol. The van der Waals surface area contributed by atoms with Gasteiger partial charge in [0.15, 0.2) is 0 Å². The van der Waals surface area contributed by atoms with Crippen molar-refractivity contribution in [2.75, 3.05) is 18.7 Å². The fourth-order valence-electron chi connectivity index (χ4n) is 2.08. The highest BCUT2D eigenvalue weighted by molar-refractivity contribution is 7.99. The van der Waals surface area contributed by atoms with Crippen LogP contribution in [0.1, 0.15) is 24.4 Å². The Hall–Kier alpha value is -2.43. The van der Waals surface area contributed by atoms with Crippen LogP contribution >= 0.6 is 11.8 Å². The Labute approximate surface area is 145 Å². The van der Waals surface area contributed by atoms with E-state index >= 15 is 0 Å². The smallest absolute Gasteiger partial charge is 0.453 e. The van der Waals surface area contributed by atoms with Gasteiger partial charge in [-0.25, -0.2) is 4.68 Å². The van der Waals surface area contributed by atoms with Gasteiger partial charge in [0.25, 0.3) is 5.82 Å². The number of aromatic nitrogens is 3. The van der Waals surface area contributed by atoms with Crippen LogP contribution in [0, 0.1) is 0 Å². The summed E-state index contributed by atoms with van der Waals surface area (Å²) in [6.45, 7) is 1.77. The molecule has 0 saturated carbocycles. The molecule has 25 heavy (non-hydrogen) atoms. The van der Waals surface area contributed by atoms with Crippen LogP contribution in [0.5, 0.6) is 5.75 Å². The van der Waals surface area contributed by atoms with Crippen LogP contribution in [-0.2, 0) is 11.0 Å². The molecule has 1 heterocycles. The van der Waals surface area contributed by atoms with E-state index in [0.29, 0.717) is 10.4 Å². The second-order valence-electron chi connectivity index (χ2n) is 4.99. The highest BCUT2D eigenvalue weighted by Gasteiger charge is 2.38. The zero-order chi connectivity index (χ0) is 18.6. The van der Waals surface area contributed by atoms with E-state index in [4.69, 9.17) is 10.6 Å². The number of alkyl halides is 3. The Kier molecular flexibility index (Phi) is 5.77.